The second kappa shape index (κ2) is 22.5. The highest BCUT2D eigenvalue weighted by Gasteiger charge is 2.65. The molecule has 3 aliphatic carbocycles. The van der Waals surface area contributed by atoms with Crippen molar-refractivity contribution in [2.45, 2.75) is 133 Å². The summed E-state index contributed by atoms with van der Waals surface area (Å²) < 4.78 is 38.8. The summed E-state index contributed by atoms with van der Waals surface area (Å²) in [6, 6.07) is 16.9. The molecule has 7 unspecified atom stereocenters. The summed E-state index contributed by atoms with van der Waals surface area (Å²) in [5, 5.41) is 36.9. The number of aliphatic hydroxyl groups is 2. The zero-order valence-corrected chi connectivity index (χ0v) is 39.6. The first-order valence-corrected chi connectivity index (χ1v) is 25.2. The number of rotatable bonds is 22. The van der Waals surface area contributed by atoms with E-state index in [-0.39, 0.29) is 68.9 Å². The molecule has 15 nitrogen and oxygen atoms in total. The van der Waals surface area contributed by atoms with Crippen LogP contribution in [0.5, 0.6) is 28.7 Å². The molecular weight excluding hydrogens is 883 g/mol. The standard InChI is InChI=1S/C54H67N3O12/c1-2-27-66-54-49(56(50(60)24-20-36-12-3-4-13-36)34-37-19-22-47-48(29-37)65-35-64-47)33-45(55-69-51-18-7-10-28-63-51)43-30-38(14-5-8-25-58)42(17-6-9-26-59)52(53(43)54)44-32-41(21-23-46(44)68-54)67-40-16-11-15-39(31-40)57(61)62/h2,11,15-16,19,21-23,29-32,36,38,42,49,51-53,58-59H,1,3-10,12-14,17-18,20,24-28,33-35H2. The highest BCUT2D eigenvalue weighted by atomic mass is 16.8. The molecule has 1 amide bonds. The molecular formula is C54H67N3O12. The molecule has 3 heterocycles. The van der Waals surface area contributed by atoms with E-state index in [2.05, 4.69) is 12.7 Å². The average Bonchev–Trinajstić information content (AvgIpc) is 4.08. The molecule has 2 saturated carbocycles. The second-order valence-corrected chi connectivity index (χ2v) is 19.4. The number of nitro benzene ring substituents is 1. The monoisotopic (exact) mass is 949 g/mol. The Hall–Kier alpha value is -5.48. The van der Waals surface area contributed by atoms with Gasteiger partial charge in [-0.25, -0.2) is 0 Å². The number of nitrogens with zero attached hydrogens (tertiary/aromatic N) is 3. The van der Waals surface area contributed by atoms with Crippen LogP contribution in [0.3, 0.4) is 0 Å². The van der Waals surface area contributed by atoms with Crippen LogP contribution in [0, 0.1) is 33.8 Å². The molecule has 1 saturated heterocycles. The molecule has 0 bridgehead atoms. The van der Waals surface area contributed by atoms with Crippen LogP contribution in [0.4, 0.5) is 5.69 Å². The number of aliphatic hydroxyl groups excluding tert-OH is 2. The minimum absolute atomic E-state index is 0.0151. The fourth-order valence-corrected chi connectivity index (χ4v) is 11.8. The minimum atomic E-state index is -1.47. The van der Waals surface area contributed by atoms with Crippen molar-refractivity contribution in [1.82, 2.24) is 4.90 Å². The summed E-state index contributed by atoms with van der Waals surface area (Å²) in [6.45, 7) is 5.29. The van der Waals surface area contributed by atoms with Crippen LogP contribution in [0.1, 0.15) is 120 Å². The Labute approximate surface area is 404 Å². The molecule has 15 heteroatoms. The first kappa shape index (κ1) is 48.5. The molecule has 3 aromatic rings. The molecule has 370 valence electrons. The Morgan fingerprint density at radius 1 is 0.913 bits per heavy atom. The lowest BCUT2D eigenvalue weighted by Crippen LogP contribution is -2.70. The smallest absolute Gasteiger partial charge is 0.273 e. The van der Waals surface area contributed by atoms with Gasteiger partial charge in [0, 0.05) is 56.6 Å². The van der Waals surface area contributed by atoms with E-state index in [1.54, 1.807) is 24.3 Å². The lowest BCUT2D eigenvalue weighted by atomic mass is 9.55. The summed E-state index contributed by atoms with van der Waals surface area (Å²) >= 11 is 0. The van der Waals surface area contributed by atoms with Gasteiger partial charge in [-0.1, -0.05) is 68.0 Å². The maximum Gasteiger partial charge on any atom is 0.273 e. The quantitative estimate of drug-likeness (QED) is 0.0422. The third-order valence-electron chi connectivity index (χ3n) is 15.1. The zero-order valence-electron chi connectivity index (χ0n) is 39.6. The topological polar surface area (TPSA) is 181 Å². The Morgan fingerprint density at radius 3 is 2.48 bits per heavy atom. The Balaban J connectivity index is 1.23. The number of oxime groups is 1. The molecule has 3 aromatic carbocycles. The number of fused-ring (bicyclic) bond motifs is 3. The third kappa shape index (κ3) is 10.8. The highest BCUT2D eigenvalue weighted by molar-refractivity contribution is 6.03. The van der Waals surface area contributed by atoms with E-state index < -0.39 is 29.0 Å². The van der Waals surface area contributed by atoms with Crippen molar-refractivity contribution in [2.75, 3.05) is 33.2 Å². The maximum atomic E-state index is 15.4. The van der Waals surface area contributed by atoms with Gasteiger partial charge in [0.1, 0.15) is 23.3 Å². The fourth-order valence-electron chi connectivity index (χ4n) is 11.8. The molecule has 2 N–H and O–H groups in total. The van der Waals surface area contributed by atoms with Gasteiger partial charge in [-0.15, -0.1) is 6.58 Å². The van der Waals surface area contributed by atoms with Crippen LogP contribution in [-0.2, 0) is 25.7 Å². The van der Waals surface area contributed by atoms with Gasteiger partial charge in [0.15, 0.2) is 11.5 Å². The maximum absolute atomic E-state index is 15.4. The first-order valence-electron chi connectivity index (χ1n) is 25.2. The lowest BCUT2D eigenvalue weighted by Gasteiger charge is -2.60. The van der Waals surface area contributed by atoms with E-state index in [0.717, 1.165) is 74.5 Å². The number of nitro groups is 1. The summed E-state index contributed by atoms with van der Waals surface area (Å²) in [5.74, 6) is 0.801. The van der Waals surface area contributed by atoms with E-state index in [0.29, 0.717) is 72.7 Å². The normalized spacial score (nSPS) is 26.3. The van der Waals surface area contributed by atoms with E-state index in [9.17, 15) is 20.3 Å². The molecule has 0 spiro atoms. The second-order valence-electron chi connectivity index (χ2n) is 19.4. The van der Waals surface area contributed by atoms with E-state index in [1.807, 2.05) is 35.2 Å². The number of carbonyl (C=O) groups is 1. The predicted octanol–water partition coefficient (Wildman–Crippen LogP) is 10.3. The van der Waals surface area contributed by atoms with Crippen molar-refractivity contribution < 1.29 is 53.2 Å². The number of unbranched alkanes of at least 4 members (excludes halogenated alkanes) is 2. The predicted molar refractivity (Wildman–Crippen MR) is 257 cm³/mol. The number of hydrogen-bond acceptors (Lipinski definition) is 13. The van der Waals surface area contributed by atoms with Crippen molar-refractivity contribution in [3.8, 4) is 28.7 Å². The van der Waals surface area contributed by atoms with Crippen LogP contribution in [0.15, 0.2) is 90.1 Å². The van der Waals surface area contributed by atoms with Gasteiger partial charge in [-0.3, -0.25) is 14.9 Å². The van der Waals surface area contributed by atoms with Gasteiger partial charge in [-0.2, -0.15) is 0 Å². The first-order chi connectivity index (χ1) is 33.8. The molecule has 0 radical (unpaired) electrons. The van der Waals surface area contributed by atoms with Crippen LogP contribution < -0.4 is 18.9 Å². The van der Waals surface area contributed by atoms with Gasteiger partial charge in [0.25, 0.3) is 5.69 Å². The SMILES string of the molecule is C=CCOC12Oc3ccc(Oc4cccc([N+](=O)[O-])c4)cc3C3C(CCCCO)C(CCCCO)C=C(C(=NOC4CCCCO4)CC1N(Cc1ccc4c(c1)OCO4)C(=O)CCC1CCCC1)C32. The Bertz CT molecular complexity index is 2340. The Kier molecular flexibility index (Phi) is 15.8. The van der Waals surface area contributed by atoms with Crippen molar-refractivity contribution in [1.29, 1.82) is 0 Å². The number of amides is 1. The highest BCUT2D eigenvalue weighted by Crippen LogP contribution is 2.62. The van der Waals surface area contributed by atoms with Crippen molar-refractivity contribution in [3.05, 3.63) is 106 Å². The van der Waals surface area contributed by atoms with E-state index >= 15 is 4.79 Å². The molecule has 7 atom stereocenters. The average molecular weight is 950 g/mol. The molecule has 3 aliphatic heterocycles. The molecule has 6 aliphatic rings. The van der Waals surface area contributed by atoms with E-state index in [4.69, 9.17) is 38.4 Å². The number of hydrogen-bond donors (Lipinski definition) is 2. The minimum Gasteiger partial charge on any atom is -0.459 e. The molecule has 0 aromatic heterocycles. The molecule has 69 heavy (non-hydrogen) atoms. The van der Waals surface area contributed by atoms with E-state index in [1.165, 1.54) is 25.0 Å². The zero-order chi connectivity index (χ0) is 47.7. The Morgan fingerprint density at radius 2 is 1.70 bits per heavy atom. The summed E-state index contributed by atoms with van der Waals surface area (Å²) in [4.78, 5) is 35.0. The number of ether oxygens (including phenoxy) is 6. The molecule has 3 fully saturated rings. The number of carbonyl (C=O) groups excluding carboxylic acids is 1. The van der Waals surface area contributed by atoms with Crippen molar-refractivity contribution >= 4 is 17.3 Å². The van der Waals surface area contributed by atoms with Crippen LogP contribution >= 0.6 is 0 Å². The summed E-state index contributed by atoms with van der Waals surface area (Å²) in [5.41, 5.74) is 3.26. The third-order valence-corrected chi connectivity index (χ3v) is 15.1. The fraction of sp³-hybridized carbons (Fsp3) is 0.556. The van der Waals surface area contributed by atoms with Gasteiger partial charge in [-0.05, 0) is 110 Å². The lowest BCUT2D eigenvalue weighted by molar-refractivity contribution is -0.384. The summed E-state index contributed by atoms with van der Waals surface area (Å²) in [7, 11) is 0. The largest absolute Gasteiger partial charge is 0.459 e. The van der Waals surface area contributed by atoms with Crippen LogP contribution in [0.2, 0.25) is 0 Å². The van der Waals surface area contributed by atoms with Crippen molar-refractivity contribution in [2.24, 2.45) is 28.8 Å². The number of allylic oxidation sites excluding steroid dienone is 1. The summed E-state index contributed by atoms with van der Waals surface area (Å²) in [6.07, 6.45) is 16.5. The molecule has 9 rings (SSSR count). The van der Waals surface area contributed by atoms with Crippen LogP contribution in [-0.4, -0.2) is 83.0 Å². The number of benzene rings is 3. The van der Waals surface area contributed by atoms with Gasteiger partial charge < -0.3 is 48.4 Å². The van der Waals surface area contributed by atoms with Gasteiger partial charge in [0.05, 0.1) is 35.8 Å². The van der Waals surface area contributed by atoms with Gasteiger partial charge >= 0.3 is 0 Å². The van der Waals surface area contributed by atoms with Gasteiger partial charge in [0.2, 0.25) is 24.8 Å². The van der Waals surface area contributed by atoms with Crippen LogP contribution in [0.25, 0.3) is 0 Å². The van der Waals surface area contributed by atoms with Crippen molar-refractivity contribution in [3.63, 3.8) is 0 Å². The number of non-ortho nitro benzene ring substituents is 1.